The lowest BCUT2D eigenvalue weighted by molar-refractivity contribution is 0.1000. The van der Waals surface area contributed by atoms with Crippen LogP contribution in [0.3, 0.4) is 0 Å². The minimum absolute atomic E-state index is 0.286. The first-order valence-electron chi connectivity index (χ1n) is 7.78. The van der Waals surface area contributed by atoms with E-state index < -0.39 is 5.91 Å². The Labute approximate surface area is 132 Å². The Kier molecular flexibility index (Phi) is 3.37. The highest BCUT2D eigenvalue weighted by molar-refractivity contribution is 7.15. The third-order valence-corrected chi connectivity index (χ3v) is 5.75. The first-order valence-corrected chi connectivity index (χ1v) is 8.60. The van der Waals surface area contributed by atoms with Gasteiger partial charge in [-0.15, -0.1) is 11.3 Å². The summed E-state index contributed by atoms with van der Waals surface area (Å²) in [7, 11) is 0. The molecule has 0 aromatic carbocycles. The molecular formula is C15H19N5OS. The van der Waals surface area contributed by atoms with Crippen LogP contribution in [0.25, 0.3) is 0 Å². The third-order valence-electron chi connectivity index (χ3n) is 4.53. The van der Waals surface area contributed by atoms with Crippen molar-refractivity contribution < 1.29 is 4.79 Å². The van der Waals surface area contributed by atoms with Crippen LogP contribution in [-0.4, -0.2) is 33.8 Å². The molecule has 7 heteroatoms. The summed E-state index contributed by atoms with van der Waals surface area (Å²) in [6.07, 6.45) is 9.19. The number of carbonyl (C=O) groups is 1. The number of rotatable bonds is 3. The molecule has 0 saturated carbocycles. The van der Waals surface area contributed by atoms with Crippen LogP contribution < -0.4 is 10.6 Å². The summed E-state index contributed by atoms with van der Waals surface area (Å²) < 4.78 is 1.87. The van der Waals surface area contributed by atoms with Crippen LogP contribution in [0.2, 0.25) is 0 Å². The lowest BCUT2D eigenvalue weighted by atomic mass is 10.0. The minimum Gasteiger partial charge on any atom is -0.366 e. The van der Waals surface area contributed by atoms with Gasteiger partial charge in [-0.3, -0.25) is 9.48 Å². The zero-order valence-corrected chi connectivity index (χ0v) is 13.2. The van der Waals surface area contributed by atoms with E-state index in [4.69, 9.17) is 10.7 Å². The van der Waals surface area contributed by atoms with Crippen LogP contribution in [0.15, 0.2) is 12.4 Å². The smallest absolute Gasteiger partial charge is 0.251 e. The molecule has 1 fully saturated rings. The molecule has 2 aromatic heterocycles. The van der Waals surface area contributed by atoms with Crippen LogP contribution in [0.1, 0.15) is 46.2 Å². The van der Waals surface area contributed by atoms with Gasteiger partial charge in [-0.1, -0.05) is 0 Å². The van der Waals surface area contributed by atoms with E-state index in [1.54, 1.807) is 12.4 Å². The van der Waals surface area contributed by atoms with Gasteiger partial charge in [0, 0.05) is 24.2 Å². The number of thiazole rings is 1. The fourth-order valence-electron chi connectivity index (χ4n) is 3.27. The van der Waals surface area contributed by atoms with Crippen LogP contribution in [0.5, 0.6) is 0 Å². The molecule has 0 bridgehead atoms. The van der Waals surface area contributed by atoms with E-state index in [9.17, 15) is 4.79 Å². The number of nitrogens with two attached hydrogens (primary N) is 1. The quantitative estimate of drug-likeness (QED) is 0.936. The van der Waals surface area contributed by atoms with E-state index in [2.05, 4.69) is 10.00 Å². The van der Waals surface area contributed by atoms with Crippen molar-refractivity contribution in [2.75, 3.05) is 18.0 Å². The Hall–Kier alpha value is -1.89. The van der Waals surface area contributed by atoms with Gasteiger partial charge in [0.25, 0.3) is 5.91 Å². The minimum atomic E-state index is -0.422. The van der Waals surface area contributed by atoms with E-state index in [0.717, 1.165) is 31.1 Å². The zero-order valence-electron chi connectivity index (χ0n) is 12.4. The summed E-state index contributed by atoms with van der Waals surface area (Å²) in [5.41, 5.74) is 7.07. The Balaban J connectivity index is 1.49. The first-order chi connectivity index (χ1) is 10.7. The maximum atomic E-state index is 11.2. The average molecular weight is 317 g/mol. The summed E-state index contributed by atoms with van der Waals surface area (Å²) in [5.74, 6) is -0.422. The summed E-state index contributed by atoms with van der Waals surface area (Å²) in [5, 5.41) is 5.43. The molecule has 0 spiro atoms. The van der Waals surface area contributed by atoms with Gasteiger partial charge in [-0.25, -0.2) is 4.98 Å². The molecule has 1 aliphatic heterocycles. The van der Waals surface area contributed by atoms with Crippen molar-refractivity contribution in [1.29, 1.82) is 0 Å². The summed E-state index contributed by atoms with van der Waals surface area (Å²) in [4.78, 5) is 19.8. The van der Waals surface area contributed by atoms with Crippen molar-refractivity contribution in [2.24, 2.45) is 5.73 Å². The lowest BCUT2D eigenvalue weighted by Crippen LogP contribution is -2.21. The summed E-state index contributed by atoms with van der Waals surface area (Å²) >= 11 is 1.85. The second kappa shape index (κ2) is 5.39. The number of primary amides is 1. The Morgan fingerprint density at radius 1 is 1.36 bits per heavy atom. The maximum Gasteiger partial charge on any atom is 0.251 e. The standard InChI is InChI=1S/C15H19N5OS/c16-14(21)10-7-17-20(8-10)11-5-6-19(9-11)15-18-12-3-1-2-4-13(12)22-15/h7-8,11H,1-6,9H2,(H2,16,21). The van der Waals surface area contributed by atoms with Crippen LogP contribution in [-0.2, 0) is 12.8 Å². The molecule has 2 aliphatic rings. The first kappa shape index (κ1) is 13.8. The number of aromatic nitrogens is 3. The summed E-state index contributed by atoms with van der Waals surface area (Å²) in [6.45, 7) is 1.88. The Bertz CT molecular complexity index is 683. The molecule has 4 rings (SSSR count). The summed E-state index contributed by atoms with van der Waals surface area (Å²) in [6, 6.07) is 0.286. The van der Waals surface area contributed by atoms with Crippen molar-refractivity contribution in [2.45, 2.75) is 38.1 Å². The lowest BCUT2D eigenvalue weighted by Gasteiger charge is -2.15. The molecule has 2 N–H and O–H groups in total. The molecular weight excluding hydrogens is 298 g/mol. The van der Waals surface area contributed by atoms with E-state index in [1.165, 1.54) is 29.8 Å². The van der Waals surface area contributed by atoms with Gasteiger partial charge in [0.15, 0.2) is 5.13 Å². The van der Waals surface area contributed by atoms with Gasteiger partial charge in [0.05, 0.1) is 23.5 Å². The predicted molar refractivity (Wildman–Crippen MR) is 85.4 cm³/mol. The molecule has 1 amide bonds. The molecule has 1 saturated heterocycles. The monoisotopic (exact) mass is 317 g/mol. The number of fused-ring (bicyclic) bond motifs is 1. The predicted octanol–water partition coefficient (Wildman–Crippen LogP) is 1.77. The van der Waals surface area contributed by atoms with Crippen molar-refractivity contribution >= 4 is 22.4 Å². The molecule has 2 aromatic rings. The average Bonchev–Trinajstić information content (AvgIpc) is 3.24. The number of amides is 1. The highest BCUT2D eigenvalue weighted by Crippen LogP contribution is 2.35. The van der Waals surface area contributed by atoms with Gasteiger partial charge >= 0.3 is 0 Å². The second-order valence-electron chi connectivity index (χ2n) is 6.04. The number of anilines is 1. The van der Waals surface area contributed by atoms with Crippen LogP contribution in [0, 0.1) is 0 Å². The number of aryl methyl sites for hydroxylation is 2. The van der Waals surface area contributed by atoms with Gasteiger partial charge < -0.3 is 10.6 Å². The van der Waals surface area contributed by atoms with Gasteiger partial charge in [-0.2, -0.15) is 5.10 Å². The third kappa shape index (κ3) is 2.39. The molecule has 1 unspecified atom stereocenters. The second-order valence-corrected chi connectivity index (χ2v) is 7.10. The molecule has 22 heavy (non-hydrogen) atoms. The Morgan fingerprint density at radius 2 is 2.23 bits per heavy atom. The van der Waals surface area contributed by atoms with E-state index >= 15 is 0 Å². The van der Waals surface area contributed by atoms with Crippen molar-refractivity contribution in [3.8, 4) is 0 Å². The van der Waals surface area contributed by atoms with Crippen molar-refractivity contribution in [3.05, 3.63) is 28.5 Å². The Morgan fingerprint density at radius 3 is 3.00 bits per heavy atom. The number of nitrogens with zero attached hydrogens (tertiary/aromatic N) is 4. The molecule has 1 aliphatic carbocycles. The van der Waals surface area contributed by atoms with Crippen molar-refractivity contribution in [3.63, 3.8) is 0 Å². The fraction of sp³-hybridized carbons (Fsp3) is 0.533. The fourth-order valence-corrected chi connectivity index (χ4v) is 4.45. The number of hydrogen-bond donors (Lipinski definition) is 1. The van der Waals surface area contributed by atoms with Gasteiger partial charge in [0.2, 0.25) is 0 Å². The van der Waals surface area contributed by atoms with Crippen LogP contribution >= 0.6 is 11.3 Å². The molecule has 0 radical (unpaired) electrons. The SMILES string of the molecule is NC(=O)c1cnn(C2CCN(c3nc4c(s3)CCCC4)C2)c1. The van der Waals surface area contributed by atoms with E-state index in [1.807, 2.05) is 16.0 Å². The number of carbonyl (C=O) groups excluding carboxylic acids is 1. The largest absolute Gasteiger partial charge is 0.366 e. The molecule has 1 atom stereocenters. The van der Waals surface area contributed by atoms with E-state index in [0.29, 0.717) is 5.56 Å². The maximum absolute atomic E-state index is 11.2. The highest BCUT2D eigenvalue weighted by Gasteiger charge is 2.28. The van der Waals surface area contributed by atoms with Crippen LogP contribution in [0.4, 0.5) is 5.13 Å². The topological polar surface area (TPSA) is 77.0 Å². The van der Waals surface area contributed by atoms with Gasteiger partial charge in [0.1, 0.15) is 0 Å². The zero-order chi connectivity index (χ0) is 15.1. The van der Waals surface area contributed by atoms with E-state index in [-0.39, 0.29) is 6.04 Å². The van der Waals surface area contributed by atoms with Crippen molar-refractivity contribution in [1.82, 2.24) is 14.8 Å². The molecule has 116 valence electrons. The number of hydrogen-bond acceptors (Lipinski definition) is 5. The molecule has 6 nitrogen and oxygen atoms in total. The normalized spacial score (nSPS) is 21.1. The highest BCUT2D eigenvalue weighted by atomic mass is 32.1. The molecule has 3 heterocycles. The van der Waals surface area contributed by atoms with Gasteiger partial charge in [-0.05, 0) is 32.1 Å².